The molecule has 0 N–H and O–H groups in total. The Labute approximate surface area is 119 Å². The number of carbonyl (C=O) groups excluding carboxylic acids is 2. The quantitative estimate of drug-likeness (QED) is 0.455. The van der Waals surface area contributed by atoms with Crippen LogP contribution in [0.15, 0.2) is 42.5 Å². The average Bonchev–Trinajstić information content (AvgIpc) is 2.37. The van der Waals surface area contributed by atoms with Gasteiger partial charge in [-0.3, -0.25) is 4.79 Å². The molecule has 4 nitrogen and oxygen atoms in total. The van der Waals surface area contributed by atoms with Crippen molar-refractivity contribution in [3.8, 4) is 5.75 Å². The molecule has 0 saturated carbocycles. The Morgan fingerprint density at radius 3 is 2.45 bits per heavy atom. The molecule has 0 bridgehead atoms. The topological polar surface area (TPSA) is 52.6 Å². The lowest BCUT2D eigenvalue weighted by atomic mass is 9.89. The number of rotatable bonds is 6. The van der Waals surface area contributed by atoms with Crippen LogP contribution in [0.1, 0.15) is 27.2 Å². The molecule has 0 radical (unpaired) electrons. The zero-order valence-electron chi connectivity index (χ0n) is 12.1. The van der Waals surface area contributed by atoms with E-state index >= 15 is 0 Å². The molecule has 0 aliphatic rings. The molecular weight excluding hydrogens is 256 g/mol. The van der Waals surface area contributed by atoms with E-state index in [2.05, 4.69) is 0 Å². The van der Waals surface area contributed by atoms with E-state index in [1.807, 2.05) is 19.9 Å². The van der Waals surface area contributed by atoms with Crippen molar-refractivity contribution in [3.05, 3.63) is 42.5 Å². The summed E-state index contributed by atoms with van der Waals surface area (Å²) in [5.41, 5.74) is -0.474. The van der Waals surface area contributed by atoms with Gasteiger partial charge in [0.25, 0.3) is 0 Å². The van der Waals surface area contributed by atoms with Gasteiger partial charge >= 0.3 is 11.9 Å². The van der Waals surface area contributed by atoms with Crippen molar-refractivity contribution in [1.29, 1.82) is 0 Å². The summed E-state index contributed by atoms with van der Waals surface area (Å²) in [6, 6.07) is 8.89. The highest BCUT2D eigenvalue weighted by Crippen LogP contribution is 2.23. The molecule has 0 aliphatic heterocycles. The SMILES string of the molecule is CCOC(=O)/C=C/C(C)(C)CC(=O)Oc1ccccc1. The molecule has 0 unspecified atom stereocenters. The second-order valence-corrected chi connectivity index (χ2v) is 5.04. The molecule has 108 valence electrons. The van der Waals surface area contributed by atoms with E-state index in [1.165, 1.54) is 6.08 Å². The summed E-state index contributed by atoms with van der Waals surface area (Å²) in [7, 11) is 0. The monoisotopic (exact) mass is 276 g/mol. The van der Waals surface area contributed by atoms with Crippen molar-refractivity contribution in [2.45, 2.75) is 27.2 Å². The minimum absolute atomic E-state index is 0.178. The second kappa shape index (κ2) is 7.48. The normalized spacial score (nSPS) is 11.3. The van der Waals surface area contributed by atoms with Crippen molar-refractivity contribution < 1.29 is 19.1 Å². The fraction of sp³-hybridized carbons (Fsp3) is 0.375. The van der Waals surface area contributed by atoms with Crippen molar-refractivity contribution in [3.63, 3.8) is 0 Å². The average molecular weight is 276 g/mol. The summed E-state index contributed by atoms with van der Waals surface area (Å²) in [5.74, 6) is -0.227. The Hall–Kier alpha value is -2.10. The first kappa shape index (κ1) is 16.0. The zero-order valence-corrected chi connectivity index (χ0v) is 12.1. The molecule has 20 heavy (non-hydrogen) atoms. The minimum atomic E-state index is -0.474. The van der Waals surface area contributed by atoms with Crippen LogP contribution in [-0.4, -0.2) is 18.5 Å². The van der Waals surface area contributed by atoms with Crippen LogP contribution in [0.25, 0.3) is 0 Å². The van der Waals surface area contributed by atoms with Crippen molar-refractivity contribution in [1.82, 2.24) is 0 Å². The van der Waals surface area contributed by atoms with Crippen molar-refractivity contribution in [2.75, 3.05) is 6.61 Å². The van der Waals surface area contributed by atoms with E-state index in [0.717, 1.165) is 0 Å². The zero-order chi connectivity index (χ0) is 15.0. The van der Waals surface area contributed by atoms with Crippen LogP contribution in [-0.2, 0) is 14.3 Å². The fourth-order valence-corrected chi connectivity index (χ4v) is 1.57. The first-order valence-corrected chi connectivity index (χ1v) is 6.54. The van der Waals surface area contributed by atoms with Gasteiger partial charge in [0.15, 0.2) is 0 Å². The molecule has 0 aliphatic carbocycles. The Morgan fingerprint density at radius 1 is 1.20 bits per heavy atom. The third kappa shape index (κ3) is 6.18. The highest BCUT2D eigenvalue weighted by Gasteiger charge is 2.20. The highest BCUT2D eigenvalue weighted by atomic mass is 16.5. The summed E-state index contributed by atoms with van der Waals surface area (Å²) in [4.78, 5) is 23.1. The minimum Gasteiger partial charge on any atom is -0.463 e. The van der Waals surface area contributed by atoms with Gasteiger partial charge in [-0.25, -0.2) is 4.79 Å². The Morgan fingerprint density at radius 2 is 1.85 bits per heavy atom. The molecule has 0 fully saturated rings. The number of hydrogen-bond acceptors (Lipinski definition) is 4. The maximum Gasteiger partial charge on any atom is 0.330 e. The van der Waals surface area contributed by atoms with Crippen LogP contribution < -0.4 is 4.74 Å². The molecule has 1 rings (SSSR count). The number of allylic oxidation sites excluding steroid dienone is 1. The van der Waals surface area contributed by atoms with E-state index in [4.69, 9.17) is 9.47 Å². The van der Waals surface area contributed by atoms with Crippen molar-refractivity contribution >= 4 is 11.9 Å². The maximum atomic E-state index is 11.8. The van der Waals surface area contributed by atoms with Crippen LogP contribution in [0.2, 0.25) is 0 Å². The lowest BCUT2D eigenvalue weighted by molar-refractivity contribution is -0.138. The van der Waals surface area contributed by atoms with Gasteiger partial charge in [0, 0.05) is 6.08 Å². The van der Waals surface area contributed by atoms with E-state index in [1.54, 1.807) is 37.3 Å². The first-order chi connectivity index (χ1) is 9.43. The molecule has 0 amide bonds. The van der Waals surface area contributed by atoms with Crippen LogP contribution >= 0.6 is 0 Å². The number of para-hydroxylation sites is 1. The van der Waals surface area contributed by atoms with E-state index in [-0.39, 0.29) is 12.4 Å². The van der Waals surface area contributed by atoms with Crippen LogP contribution in [0.5, 0.6) is 5.75 Å². The molecule has 0 spiro atoms. The number of ether oxygens (including phenoxy) is 2. The lowest BCUT2D eigenvalue weighted by Crippen LogP contribution is -2.19. The molecule has 0 saturated heterocycles. The van der Waals surface area contributed by atoms with Gasteiger partial charge in [-0.15, -0.1) is 0 Å². The second-order valence-electron chi connectivity index (χ2n) is 5.04. The lowest BCUT2D eigenvalue weighted by Gasteiger charge is -2.18. The Bertz CT molecular complexity index is 475. The van der Waals surface area contributed by atoms with Crippen LogP contribution in [0.3, 0.4) is 0 Å². The smallest absolute Gasteiger partial charge is 0.330 e. The van der Waals surface area contributed by atoms with Gasteiger partial charge in [-0.2, -0.15) is 0 Å². The summed E-state index contributed by atoms with van der Waals surface area (Å²) < 4.78 is 10.0. The summed E-state index contributed by atoms with van der Waals surface area (Å²) in [6.45, 7) is 5.79. The Balaban J connectivity index is 2.53. The van der Waals surface area contributed by atoms with Gasteiger partial charge in [0.05, 0.1) is 13.0 Å². The largest absolute Gasteiger partial charge is 0.463 e. The van der Waals surface area contributed by atoms with Gasteiger partial charge < -0.3 is 9.47 Å². The van der Waals surface area contributed by atoms with Gasteiger partial charge in [-0.05, 0) is 24.5 Å². The van der Waals surface area contributed by atoms with Gasteiger partial charge in [-0.1, -0.05) is 38.1 Å². The van der Waals surface area contributed by atoms with Crippen LogP contribution in [0.4, 0.5) is 0 Å². The third-order valence-electron chi connectivity index (χ3n) is 2.53. The number of hydrogen-bond donors (Lipinski definition) is 0. The molecule has 0 aromatic heterocycles. The summed E-state index contributed by atoms with van der Waals surface area (Å²) >= 11 is 0. The van der Waals surface area contributed by atoms with Crippen LogP contribution in [0, 0.1) is 5.41 Å². The predicted octanol–water partition coefficient (Wildman–Crippen LogP) is 3.13. The van der Waals surface area contributed by atoms with E-state index < -0.39 is 11.4 Å². The number of carbonyl (C=O) groups is 2. The van der Waals surface area contributed by atoms with Crippen molar-refractivity contribution in [2.24, 2.45) is 5.41 Å². The summed E-state index contributed by atoms with van der Waals surface area (Å²) in [5, 5.41) is 0. The molecule has 1 aromatic carbocycles. The first-order valence-electron chi connectivity index (χ1n) is 6.54. The van der Waals surface area contributed by atoms with Gasteiger partial charge in [0.1, 0.15) is 5.75 Å². The molecule has 1 aromatic rings. The number of esters is 2. The highest BCUT2D eigenvalue weighted by molar-refractivity contribution is 5.82. The maximum absolute atomic E-state index is 11.8. The third-order valence-corrected chi connectivity index (χ3v) is 2.53. The predicted molar refractivity (Wildman–Crippen MR) is 76.2 cm³/mol. The molecule has 0 atom stereocenters. The molecule has 4 heteroatoms. The van der Waals surface area contributed by atoms with Gasteiger partial charge in [0.2, 0.25) is 0 Å². The number of benzene rings is 1. The molecular formula is C16H20O4. The van der Waals surface area contributed by atoms with E-state index in [9.17, 15) is 9.59 Å². The summed E-state index contributed by atoms with van der Waals surface area (Å²) in [6.07, 6.45) is 3.19. The molecule has 0 heterocycles. The standard InChI is InChI=1S/C16H20O4/c1-4-19-14(17)10-11-16(2,3)12-15(18)20-13-8-6-5-7-9-13/h5-11H,4,12H2,1-3H3/b11-10+. The Kier molecular flexibility index (Phi) is 5.97. The fourth-order valence-electron chi connectivity index (χ4n) is 1.57. The van der Waals surface area contributed by atoms with E-state index in [0.29, 0.717) is 12.4 Å².